The summed E-state index contributed by atoms with van der Waals surface area (Å²) < 4.78 is 11.3. The average Bonchev–Trinajstić information content (AvgIpc) is 2.92. The molecule has 0 fully saturated rings. The number of carbonyl (C=O) groups excluding carboxylic acids is 2. The Morgan fingerprint density at radius 3 is 1.53 bits per heavy atom. The number of nitrogens with one attached hydrogen (secondary N) is 2. The largest absolute Gasteiger partial charge is 0.508 e. The lowest BCUT2D eigenvalue weighted by Gasteiger charge is -2.07. The van der Waals surface area contributed by atoms with Gasteiger partial charge in [-0.1, -0.05) is 84.0 Å². The molecule has 0 atom stereocenters. The number of unbranched alkanes of at least 4 members (excludes halogenated alkanes) is 14. The lowest BCUT2D eigenvalue weighted by molar-refractivity contribution is -0.139. The van der Waals surface area contributed by atoms with Gasteiger partial charge in [0.1, 0.15) is 11.5 Å². The van der Waals surface area contributed by atoms with Crippen molar-refractivity contribution in [2.45, 2.75) is 116 Å². The molecule has 0 unspecified atom stereocenters. The van der Waals surface area contributed by atoms with Crippen molar-refractivity contribution in [1.29, 1.82) is 0 Å². The number of rotatable bonds is 25. The molecule has 0 radical (unpaired) electrons. The molecular formula is C31H54N2O5. The molecule has 7 nitrogen and oxygen atoms in total. The minimum atomic E-state index is -0.520. The summed E-state index contributed by atoms with van der Waals surface area (Å²) in [5.41, 5.74) is 0. The van der Waals surface area contributed by atoms with Crippen LogP contribution in [0.1, 0.15) is 116 Å². The van der Waals surface area contributed by atoms with Gasteiger partial charge in [-0.2, -0.15) is 0 Å². The zero-order chi connectivity index (χ0) is 27.5. The molecule has 0 bridgehead atoms. The summed E-state index contributed by atoms with van der Waals surface area (Å²) in [5, 5.41) is 14.7. The number of hydrogen-bond donors (Lipinski definition) is 3. The lowest BCUT2D eigenvalue weighted by atomic mass is 10.1. The standard InChI is InChI=1S/C31H54N2O5/c1-2-3-4-16-25-37-26-17-13-11-15-24-33-31(36)30(35)32-23-14-10-8-6-5-7-9-12-18-27-38-29-21-19-28(34)20-22-29/h19-22,34H,2-18,23-27H2,1H3,(H,32,35)(H,33,36). The van der Waals surface area contributed by atoms with E-state index in [1.165, 1.54) is 51.4 Å². The first-order valence-electron chi connectivity index (χ1n) is 15.2. The number of hydrogen-bond acceptors (Lipinski definition) is 5. The minimum Gasteiger partial charge on any atom is -0.508 e. The van der Waals surface area contributed by atoms with E-state index in [1.54, 1.807) is 24.3 Å². The van der Waals surface area contributed by atoms with Gasteiger partial charge in [-0.05, 0) is 56.4 Å². The van der Waals surface area contributed by atoms with Crippen molar-refractivity contribution in [3.05, 3.63) is 24.3 Å². The highest BCUT2D eigenvalue weighted by Crippen LogP contribution is 2.16. The van der Waals surface area contributed by atoms with E-state index in [0.717, 1.165) is 76.8 Å². The molecule has 0 aliphatic heterocycles. The number of ether oxygens (including phenoxy) is 2. The molecule has 0 aromatic heterocycles. The highest BCUT2D eigenvalue weighted by molar-refractivity contribution is 6.35. The summed E-state index contributed by atoms with van der Waals surface area (Å²) in [7, 11) is 0. The molecular weight excluding hydrogens is 480 g/mol. The Labute approximate surface area is 231 Å². The SMILES string of the molecule is CCCCCCOCCCCCCNC(=O)C(=O)NCCCCCCCCCCCOc1ccc(O)cc1. The molecule has 1 aromatic rings. The molecule has 0 spiro atoms. The van der Waals surface area contributed by atoms with Crippen LogP contribution in [-0.2, 0) is 14.3 Å². The second-order valence-corrected chi connectivity index (χ2v) is 10.1. The molecule has 1 rings (SSSR count). The van der Waals surface area contributed by atoms with Crippen LogP contribution in [0.5, 0.6) is 11.5 Å². The highest BCUT2D eigenvalue weighted by Gasteiger charge is 2.11. The fourth-order valence-corrected chi connectivity index (χ4v) is 4.18. The van der Waals surface area contributed by atoms with Gasteiger partial charge in [-0.15, -0.1) is 0 Å². The van der Waals surface area contributed by atoms with Gasteiger partial charge in [-0.3, -0.25) is 9.59 Å². The molecule has 3 N–H and O–H groups in total. The van der Waals surface area contributed by atoms with Crippen LogP contribution in [0.15, 0.2) is 24.3 Å². The van der Waals surface area contributed by atoms with Crippen LogP contribution >= 0.6 is 0 Å². The van der Waals surface area contributed by atoms with Gasteiger partial charge in [0.05, 0.1) is 6.61 Å². The van der Waals surface area contributed by atoms with Crippen LogP contribution in [0.4, 0.5) is 0 Å². The van der Waals surface area contributed by atoms with Gasteiger partial charge in [0.2, 0.25) is 0 Å². The fraction of sp³-hybridized carbons (Fsp3) is 0.742. The van der Waals surface area contributed by atoms with Crippen molar-refractivity contribution in [3.63, 3.8) is 0 Å². The van der Waals surface area contributed by atoms with Crippen LogP contribution < -0.4 is 15.4 Å². The molecule has 218 valence electrons. The van der Waals surface area contributed by atoms with Crippen molar-refractivity contribution >= 4 is 11.8 Å². The first-order chi connectivity index (χ1) is 18.6. The Hall–Kier alpha value is -2.28. The molecule has 7 heteroatoms. The van der Waals surface area contributed by atoms with E-state index >= 15 is 0 Å². The van der Waals surface area contributed by atoms with E-state index in [0.29, 0.717) is 19.7 Å². The van der Waals surface area contributed by atoms with Gasteiger partial charge in [0.15, 0.2) is 0 Å². The van der Waals surface area contributed by atoms with Crippen molar-refractivity contribution in [1.82, 2.24) is 10.6 Å². The monoisotopic (exact) mass is 534 g/mol. The molecule has 1 aromatic carbocycles. The molecule has 0 saturated carbocycles. The fourth-order valence-electron chi connectivity index (χ4n) is 4.18. The van der Waals surface area contributed by atoms with Crippen molar-refractivity contribution < 1.29 is 24.2 Å². The quantitative estimate of drug-likeness (QED) is 0.0961. The van der Waals surface area contributed by atoms with E-state index in [2.05, 4.69) is 17.6 Å². The number of benzene rings is 1. The predicted molar refractivity (Wildman–Crippen MR) is 155 cm³/mol. The van der Waals surface area contributed by atoms with Gasteiger partial charge >= 0.3 is 11.8 Å². The Bertz CT molecular complexity index is 696. The van der Waals surface area contributed by atoms with E-state index in [9.17, 15) is 14.7 Å². The highest BCUT2D eigenvalue weighted by atomic mass is 16.5. The van der Waals surface area contributed by atoms with E-state index in [4.69, 9.17) is 9.47 Å². The Kier molecular flexibility index (Phi) is 22.2. The number of amides is 2. The van der Waals surface area contributed by atoms with Crippen LogP contribution in [0.3, 0.4) is 0 Å². The maximum absolute atomic E-state index is 11.9. The van der Waals surface area contributed by atoms with E-state index < -0.39 is 11.8 Å². The third kappa shape index (κ3) is 20.7. The molecule has 0 saturated heterocycles. The first-order valence-corrected chi connectivity index (χ1v) is 15.2. The number of phenolic OH excluding ortho intramolecular Hbond substituents is 1. The zero-order valence-corrected chi connectivity index (χ0v) is 23.9. The van der Waals surface area contributed by atoms with Crippen LogP contribution in [0.2, 0.25) is 0 Å². The third-order valence-electron chi connectivity index (χ3n) is 6.56. The first kappa shape index (κ1) is 33.7. The maximum atomic E-state index is 11.9. The maximum Gasteiger partial charge on any atom is 0.309 e. The van der Waals surface area contributed by atoms with E-state index in [-0.39, 0.29) is 5.75 Å². The minimum absolute atomic E-state index is 0.256. The topological polar surface area (TPSA) is 96.9 Å². The lowest BCUT2D eigenvalue weighted by Crippen LogP contribution is -2.40. The molecule has 2 amide bonds. The van der Waals surface area contributed by atoms with Crippen molar-refractivity contribution in [2.75, 3.05) is 32.9 Å². The molecule has 0 heterocycles. The van der Waals surface area contributed by atoms with Crippen LogP contribution in [0.25, 0.3) is 0 Å². The van der Waals surface area contributed by atoms with Crippen molar-refractivity contribution in [3.8, 4) is 11.5 Å². The molecule has 0 aliphatic carbocycles. The number of phenols is 1. The van der Waals surface area contributed by atoms with Crippen molar-refractivity contribution in [2.24, 2.45) is 0 Å². The van der Waals surface area contributed by atoms with Gasteiger partial charge < -0.3 is 25.2 Å². The number of carbonyl (C=O) groups is 2. The Morgan fingerprint density at radius 2 is 1.03 bits per heavy atom. The smallest absolute Gasteiger partial charge is 0.309 e. The summed E-state index contributed by atoms with van der Waals surface area (Å²) in [6.07, 6.45) is 19.3. The average molecular weight is 535 g/mol. The summed E-state index contributed by atoms with van der Waals surface area (Å²) in [4.78, 5) is 23.8. The summed E-state index contributed by atoms with van der Waals surface area (Å²) in [5.74, 6) is 0.0203. The number of aromatic hydroxyl groups is 1. The molecule has 38 heavy (non-hydrogen) atoms. The summed E-state index contributed by atoms with van der Waals surface area (Å²) >= 11 is 0. The van der Waals surface area contributed by atoms with Crippen LogP contribution in [0, 0.1) is 0 Å². The second-order valence-electron chi connectivity index (χ2n) is 10.1. The predicted octanol–water partition coefficient (Wildman–Crippen LogP) is 6.67. The van der Waals surface area contributed by atoms with Gasteiger partial charge in [0, 0.05) is 26.3 Å². The summed E-state index contributed by atoms with van der Waals surface area (Å²) in [6.45, 7) is 5.73. The molecule has 0 aliphatic rings. The van der Waals surface area contributed by atoms with Gasteiger partial charge in [0.25, 0.3) is 0 Å². The van der Waals surface area contributed by atoms with Crippen LogP contribution in [-0.4, -0.2) is 49.8 Å². The summed E-state index contributed by atoms with van der Waals surface area (Å²) in [6, 6.07) is 6.84. The Balaban J connectivity index is 1.79. The normalized spacial score (nSPS) is 10.9. The second kappa shape index (κ2) is 25.0. The third-order valence-corrected chi connectivity index (χ3v) is 6.56. The Morgan fingerprint density at radius 1 is 0.605 bits per heavy atom. The van der Waals surface area contributed by atoms with E-state index in [1.807, 2.05) is 0 Å². The zero-order valence-electron chi connectivity index (χ0n) is 23.9. The van der Waals surface area contributed by atoms with Gasteiger partial charge in [-0.25, -0.2) is 0 Å².